The molecule has 0 saturated carbocycles. The van der Waals surface area contributed by atoms with E-state index < -0.39 is 24.2 Å². The summed E-state index contributed by atoms with van der Waals surface area (Å²) in [5.74, 6) is -0.574. The molecule has 112 valence electrons. The highest BCUT2D eigenvalue weighted by Crippen LogP contribution is 2.25. The van der Waals surface area contributed by atoms with E-state index in [2.05, 4.69) is 5.32 Å². The zero-order chi connectivity index (χ0) is 14.5. The fourth-order valence-corrected chi connectivity index (χ4v) is 2.26. The van der Waals surface area contributed by atoms with Gasteiger partial charge in [0.15, 0.2) is 0 Å². The lowest BCUT2D eigenvalue weighted by molar-refractivity contribution is -0.156. The molecular formula is C12H21F3N2O2. The molecule has 1 atom stereocenters. The van der Waals surface area contributed by atoms with Crippen LogP contribution in [0.2, 0.25) is 0 Å². The molecular weight excluding hydrogens is 261 g/mol. The van der Waals surface area contributed by atoms with Gasteiger partial charge in [-0.1, -0.05) is 0 Å². The molecule has 0 aromatic heterocycles. The normalized spacial score (nSPS) is 25.9. The first-order valence-electron chi connectivity index (χ1n) is 6.46. The topological polar surface area (TPSA) is 41.6 Å². The standard InChI is InChI=1S/C12H21F3N2O2/c1-3-19-10(18)11(16-9-12(13,14)15)5-4-7-17(2)8-6-11/h16H,3-9H2,1-2H3. The molecule has 4 nitrogen and oxygen atoms in total. The second-order valence-corrected chi connectivity index (χ2v) is 4.93. The number of halogens is 3. The van der Waals surface area contributed by atoms with Gasteiger partial charge < -0.3 is 9.64 Å². The third-order valence-corrected chi connectivity index (χ3v) is 3.36. The highest BCUT2D eigenvalue weighted by Gasteiger charge is 2.43. The zero-order valence-electron chi connectivity index (χ0n) is 11.3. The summed E-state index contributed by atoms with van der Waals surface area (Å²) in [5, 5.41) is 2.39. The Labute approximate surface area is 111 Å². The Morgan fingerprint density at radius 2 is 2.05 bits per heavy atom. The highest BCUT2D eigenvalue weighted by atomic mass is 19.4. The Hall–Kier alpha value is -0.820. The number of carbonyl (C=O) groups excluding carboxylic acids is 1. The monoisotopic (exact) mass is 282 g/mol. The van der Waals surface area contributed by atoms with Crippen molar-refractivity contribution >= 4 is 5.97 Å². The van der Waals surface area contributed by atoms with E-state index in [0.717, 1.165) is 6.54 Å². The lowest BCUT2D eigenvalue weighted by atomic mass is 9.90. The summed E-state index contributed by atoms with van der Waals surface area (Å²) in [6, 6.07) is 0. The van der Waals surface area contributed by atoms with Crippen molar-refractivity contribution in [1.29, 1.82) is 0 Å². The van der Waals surface area contributed by atoms with Gasteiger partial charge in [0.25, 0.3) is 0 Å². The molecule has 1 heterocycles. The molecule has 0 spiro atoms. The van der Waals surface area contributed by atoms with Gasteiger partial charge in [0.2, 0.25) is 0 Å². The number of hydrogen-bond donors (Lipinski definition) is 1. The number of carbonyl (C=O) groups is 1. The van der Waals surface area contributed by atoms with Crippen molar-refractivity contribution in [2.45, 2.75) is 37.9 Å². The molecule has 1 fully saturated rings. The van der Waals surface area contributed by atoms with Gasteiger partial charge in [-0.3, -0.25) is 10.1 Å². The molecule has 7 heteroatoms. The molecule has 0 bridgehead atoms. The third-order valence-electron chi connectivity index (χ3n) is 3.36. The van der Waals surface area contributed by atoms with Crippen molar-refractivity contribution in [2.75, 3.05) is 33.3 Å². The third kappa shape index (κ3) is 4.99. The van der Waals surface area contributed by atoms with Gasteiger partial charge in [0, 0.05) is 6.54 Å². The number of hydrogen-bond acceptors (Lipinski definition) is 4. The molecule has 1 unspecified atom stereocenters. The van der Waals surface area contributed by atoms with Crippen molar-refractivity contribution in [3.63, 3.8) is 0 Å². The van der Waals surface area contributed by atoms with Crippen LogP contribution in [0.5, 0.6) is 0 Å². The summed E-state index contributed by atoms with van der Waals surface area (Å²) in [4.78, 5) is 14.0. The van der Waals surface area contributed by atoms with E-state index in [1.807, 2.05) is 11.9 Å². The summed E-state index contributed by atoms with van der Waals surface area (Å²) in [6.07, 6.45) is -2.97. The lowest BCUT2D eigenvalue weighted by Gasteiger charge is -2.31. The Morgan fingerprint density at radius 1 is 1.37 bits per heavy atom. The van der Waals surface area contributed by atoms with E-state index >= 15 is 0 Å². The molecule has 0 radical (unpaired) electrons. The molecule has 1 aliphatic rings. The molecule has 0 amide bonds. The van der Waals surface area contributed by atoms with Crippen LogP contribution in [0.15, 0.2) is 0 Å². The molecule has 1 aliphatic heterocycles. The molecule has 1 rings (SSSR count). The summed E-state index contributed by atoms with van der Waals surface area (Å²) in [7, 11) is 1.89. The van der Waals surface area contributed by atoms with Crippen LogP contribution in [0.25, 0.3) is 0 Å². The largest absolute Gasteiger partial charge is 0.465 e. The van der Waals surface area contributed by atoms with Gasteiger partial charge >= 0.3 is 12.1 Å². The van der Waals surface area contributed by atoms with Gasteiger partial charge in [-0.05, 0) is 39.8 Å². The van der Waals surface area contributed by atoms with E-state index in [1.54, 1.807) is 6.92 Å². The predicted octanol–water partition coefficient (Wildman–Crippen LogP) is 1.56. The van der Waals surface area contributed by atoms with E-state index in [9.17, 15) is 18.0 Å². The van der Waals surface area contributed by atoms with Crippen molar-refractivity contribution in [2.24, 2.45) is 0 Å². The number of likely N-dealkylation sites (tertiary alicyclic amines) is 1. The van der Waals surface area contributed by atoms with Crippen LogP contribution in [0.3, 0.4) is 0 Å². The Bertz CT molecular complexity index is 310. The SMILES string of the molecule is CCOC(=O)C1(NCC(F)(F)F)CCCN(C)CC1. The molecule has 19 heavy (non-hydrogen) atoms. The minimum atomic E-state index is -4.34. The van der Waals surface area contributed by atoms with E-state index in [4.69, 9.17) is 4.74 Å². The maximum Gasteiger partial charge on any atom is 0.401 e. The first-order chi connectivity index (χ1) is 8.79. The summed E-state index contributed by atoms with van der Waals surface area (Å²) in [6.45, 7) is 2.00. The van der Waals surface area contributed by atoms with Crippen molar-refractivity contribution in [1.82, 2.24) is 10.2 Å². The number of rotatable bonds is 4. The fraction of sp³-hybridized carbons (Fsp3) is 0.917. The Balaban J connectivity index is 2.80. The lowest BCUT2D eigenvalue weighted by Crippen LogP contribution is -2.55. The number of esters is 1. The summed E-state index contributed by atoms with van der Waals surface area (Å²) in [5.41, 5.74) is -1.21. The maximum atomic E-state index is 12.4. The molecule has 0 aromatic carbocycles. The molecule has 0 aliphatic carbocycles. The van der Waals surface area contributed by atoms with Crippen LogP contribution in [-0.2, 0) is 9.53 Å². The minimum Gasteiger partial charge on any atom is -0.465 e. The van der Waals surface area contributed by atoms with Gasteiger partial charge in [0.1, 0.15) is 5.54 Å². The van der Waals surface area contributed by atoms with Crippen molar-refractivity contribution < 1.29 is 22.7 Å². The van der Waals surface area contributed by atoms with Gasteiger partial charge in [0.05, 0.1) is 13.2 Å². The van der Waals surface area contributed by atoms with Crippen molar-refractivity contribution in [3.05, 3.63) is 0 Å². The van der Waals surface area contributed by atoms with Crippen LogP contribution in [-0.4, -0.2) is 55.9 Å². The second-order valence-electron chi connectivity index (χ2n) is 4.93. The van der Waals surface area contributed by atoms with E-state index in [0.29, 0.717) is 25.8 Å². The highest BCUT2D eigenvalue weighted by molar-refractivity contribution is 5.81. The van der Waals surface area contributed by atoms with Crippen LogP contribution < -0.4 is 5.32 Å². The van der Waals surface area contributed by atoms with Gasteiger partial charge in [-0.25, -0.2) is 0 Å². The predicted molar refractivity (Wildman–Crippen MR) is 64.8 cm³/mol. The van der Waals surface area contributed by atoms with E-state index in [1.165, 1.54) is 0 Å². The maximum absolute atomic E-state index is 12.4. The van der Waals surface area contributed by atoms with Crippen molar-refractivity contribution in [3.8, 4) is 0 Å². The average molecular weight is 282 g/mol. The quantitative estimate of drug-likeness (QED) is 0.795. The van der Waals surface area contributed by atoms with E-state index in [-0.39, 0.29) is 6.61 Å². The number of nitrogens with one attached hydrogen (secondary N) is 1. The fourth-order valence-electron chi connectivity index (χ4n) is 2.26. The minimum absolute atomic E-state index is 0.171. The average Bonchev–Trinajstić information content (AvgIpc) is 2.49. The number of alkyl halides is 3. The summed E-state index contributed by atoms with van der Waals surface area (Å²) < 4.78 is 42.1. The van der Waals surface area contributed by atoms with Crippen LogP contribution in [0, 0.1) is 0 Å². The number of ether oxygens (including phenoxy) is 1. The molecule has 1 saturated heterocycles. The van der Waals surface area contributed by atoms with Crippen LogP contribution in [0.4, 0.5) is 13.2 Å². The first kappa shape index (κ1) is 16.2. The zero-order valence-corrected chi connectivity index (χ0v) is 11.3. The van der Waals surface area contributed by atoms with Crippen LogP contribution in [0.1, 0.15) is 26.2 Å². The first-order valence-corrected chi connectivity index (χ1v) is 6.46. The second kappa shape index (κ2) is 6.56. The van der Waals surface area contributed by atoms with Crippen LogP contribution >= 0.6 is 0 Å². The summed E-state index contributed by atoms with van der Waals surface area (Å²) >= 11 is 0. The van der Waals surface area contributed by atoms with Gasteiger partial charge in [-0.15, -0.1) is 0 Å². The molecule has 1 N–H and O–H groups in total. The van der Waals surface area contributed by atoms with Gasteiger partial charge in [-0.2, -0.15) is 13.2 Å². The smallest absolute Gasteiger partial charge is 0.401 e. The number of nitrogens with zero attached hydrogens (tertiary/aromatic N) is 1. The Morgan fingerprint density at radius 3 is 2.63 bits per heavy atom. The molecule has 0 aromatic rings. The Kier molecular flexibility index (Phi) is 5.61.